The van der Waals surface area contributed by atoms with Gasteiger partial charge in [0.25, 0.3) is 0 Å². The van der Waals surface area contributed by atoms with Crippen molar-refractivity contribution in [3.05, 3.63) is 47.5 Å². The van der Waals surface area contributed by atoms with Crippen molar-refractivity contribution < 1.29 is 23.7 Å². The molecule has 1 amide bonds. The van der Waals surface area contributed by atoms with E-state index in [2.05, 4.69) is 12.2 Å². The molecule has 2 aromatic rings. The number of unbranched alkanes of at least 4 members (excludes halogenated alkanes) is 2. The first-order valence-corrected chi connectivity index (χ1v) is 10.3. The van der Waals surface area contributed by atoms with Gasteiger partial charge in [-0.25, -0.2) is 0 Å². The van der Waals surface area contributed by atoms with Crippen molar-refractivity contribution in [2.45, 2.75) is 45.6 Å². The fraction of sp³-hybridized carbons (Fsp3) is 0.458. The van der Waals surface area contributed by atoms with Gasteiger partial charge < -0.3 is 24.3 Å². The molecule has 2 rings (SSSR count). The van der Waals surface area contributed by atoms with Crippen molar-refractivity contribution in [2.75, 3.05) is 27.9 Å². The van der Waals surface area contributed by atoms with Gasteiger partial charge in [0.1, 0.15) is 0 Å². The number of ether oxygens (including phenoxy) is 4. The Kier molecular flexibility index (Phi) is 9.32. The van der Waals surface area contributed by atoms with E-state index in [1.54, 1.807) is 27.4 Å². The fourth-order valence-corrected chi connectivity index (χ4v) is 3.16. The molecule has 0 aliphatic carbocycles. The predicted molar refractivity (Wildman–Crippen MR) is 118 cm³/mol. The van der Waals surface area contributed by atoms with Crippen molar-refractivity contribution in [1.29, 1.82) is 0 Å². The summed E-state index contributed by atoms with van der Waals surface area (Å²) in [6, 6.07) is 11.1. The largest absolute Gasteiger partial charge is 0.493 e. The van der Waals surface area contributed by atoms with E-state index in [9.17, 15) is 4.79 Å². The van der Waals surface area contributed by atoms with E-state index in [0.717, 1.165) is 36.1 Å². The molecular weight excluding hydrogens is 382 g/mol. The van der Waals surface area contributed by atoms with Crippen LogP contribution >= 0.6 is 0 Å². The Labute approximate surface area is 179 Å². The molecule has 1 atom stereocenters. The highest BCUT2D eigenvalue weighted by molar-refractivity contribution is 5.79. The van der Waals surface area contributed by atoms with Crippen molar-refractivity contribution in [3.8, 4) is 23.0 Å². The smallest absolute Gasteiger partial charge is 0.224 e. The number of amides is 1. The predicted octanol–water partition coefficient (Wildman–Crippen LogP) is 4.70. The second kappa shape index (κ2) is 12.0. The summed E-state index contributed by atoms with van der Waals surface area (Å²) in [7, 11) is 4.79. The lowest BCUT2D eigenvalue weighted by Crippen LogP contribution is -2.28. The van der Waals surface area contributed by atoms with Crippen LogP contribution in [0.1, 0.15) is 50.3 Å². The first-order valence-electron chi connectivity index (χ1n) is 10.3. The minimum atomic E-state index is -0.166. The van der Waals surface area contributed by atoms with Crippen LogP contribution in [-0.2, 0) is 11.2 Å². The number of methoxy groups -OCH3 is 3. The Hall–Kier alpha value is -2.89. The molecule has 0 spiro atoms. The van der Waals surface area contributed by atoms with E-state index in [0.29, 0.717) is 23.9 Å². The molecule has 30 heavy (non-hydrogen) atoms. The summed E-state index contributed by atoms with van der Waals surface area (Å²) in [5, 5.41) is 3.03. The van der Waals surface area contributed by atoms with Gasteiger partial charge in [-0.05, 0) is 48.7 Å². The summed E-state index contributed by atoms with van der Waals surface area (Å²) in [5.74, 6) is 2.56. The van der Waals surface area contributed by atoms with Crippen LogP contribution in [0.15, 0.2) is 36.4 Å². The number of hydrogen-bond acceptors (Lipinski definition) is 5. The van der Waals surface area contributed by atoms with Gasteiger partial charge in [-0.3, -0.25) is 4.79 Å². The maximum atomic E-state index is 12.5. The number of carbonyl (C=O) groups is 1. The van der Waals surface area contributed by atoms with Crippen LogP contribution in [0.2, 0.25) is 0 Å². The van der Waals surface area contributed by atoms with E-state index in [1.165, 1.54) is 0 Å². The lowest BCUT2D eigenvalue weighted by molar-refractivity contribution is -0.121. The Morgan fingerprint density at radius 1 is 0.900 bits per heavy atom. The van der Waals surface area contributed by atoms with E-state index >= 15 is 0 Å². The summed E-state index contributed by atoms with van der Waals surface area (Å²) in [6.45, 7) is 4.78. The number of benzene rings is 2. The van der Waals surface area contributed by atoms with Gasteiger partial charge in [-0.1, -0.05) is 31.9 Å². The fourth-order valence-electron chi connectivity index (χ4n) is 3.16. The van der Waals surface area contributed by atoms with Gasteiger partial charge in [0.2, 0.25) is 5.91 Å². The molecule has 164 valence electrons. The zero-order chi connectivity index (χ0) is 21.9. The van der Waals surface area contributed by atoms with Gasteiger partial charge in [0.15, 0.2) is 23.0 Å². The zero-order valence-electron chi connectivity index (χ0n) is 18.6. The van der Waals surface area contributed by atoms with Crippen LogP contribution in [-0.4, -0.2) is 33.8 Å². The number of nitrogens with one attached hydrogen (secondary N) is 1. The first kappa shape index (κ1) is 23.4. The molecule has 6 heteroatoms. The minimum Gasteiger partial charge on any atom is -0.493 e. The van der Waals surface area contributed by atoms with Gasteiger partial charge in [0, 0.05) is 0 Å². The molecule has 1 N–H and O–H groups in total. The molecule has 0 bridgehead atoms. The maximum Gasteiger partial charge on any atom is 0.224 e. The molecule has 0 saturated heterocycles. The minimum absolute atomic E-state index is 0.0754. The zero-order valence-corrected chi connectivity index (χ0v) is 18.6. The number of hydrogen-bond donors (Lipinski definition) is 1. The molecule has 1 unspecified atom stereocenters. The van der Waals surface area contributed by atoms with Crippen molar-refractivity contribution in [2.24, 2.45) is 0 Å². The van der Waals surface area contributed by atoms with Crippen LogP contribution in [0.5, 0.6) is 23.0 Å². The second-order valence-corrected chi connectivity index (χ2v) is 7.12. The molecular formula is C24H33NO5. The lowest BCUT2D eigenvalue weighted by atomic mass is 10.1. The van der Waals surface area contributed by atoms with Gasteiger partial charge >= 0.3 is 0 Å². The second-order valence-electron chi connectivity index (χ2n) is 7.12. The molecule has 0 radical (unpaired) electrons. The SMILES string of the molecule is CCCCCOc1ccc(C(C)NC(=O)Cc2ccc(OC)c(OC)c2)cc1OC. The van der Waals surface area contributed by atoms with Crippen molar-refractivity contribution in [3.63, 3.8) is 0 Å². The summed E-state index contributed by atoms with van der Waals surface area (Å²) in [4.78, 5) is 12.5. The van der Waals surface area contributed by atoms with Crippen LogP contribution in [0.4, 0.5) is 0 Å². The Bertz CT molecular complexity index is 821. The average Bonchev–Trinajstić information content (AvgIpc) is 2.76. The summed E-state index contributed by atoms with van der Waals surface area (Å²) >= 11 is 0. The Balaban J connectivity index is 1.99. The van der Waals surface area contributed by atoms with E-state index in [-0.39, 0.29) is 18.4 Å². The molecule has 0 aromatic heterocycles. The lowest BCUT2D eigenvalue weighted by Gasteiger charge is -2.17. The number of carbonyl (C=O) groups excluding carboxylic acids is 1. The molecule has 0 aliphatic rings. The third kappa shape index (κ3) is 6.58. The third-order valence-electron chi connectivity index (χ3n) is 4.88. The van der Waals surface area contributed by atoms with E-state index in [4.69, 9.17) is 18.9 Å². The van der Waals surface area contributed by atoms with Gasteiger partial charge in [0.05, 0.1) is 40.4 Å². The van der Waals surface area contributed by atoms with Crippen LogP contribution in [0.3, 0.4) is 0 Å². The van der Waals surface area contributed by atoms with Crippen LogP contribution in [0, 0.1) is 0 Å². The monoisotopic (exact) mass is 415 g/mol. The summed E-state index contributed by atoms with van der Waals surface area (Å²) in [6.07, 6.45) is 3.56. The van der Waals surface area contributed by atoms with Gasteiger partial charge in [-0.15, -0.1) is 0 Å². The molecule has 2 aromatic carbocycles. The molecule has 6 nitrogen and oxygen atoms in total. The molecule has 0 saturated carbocycles. The highest BCUT2D eigenvalue weighted by Gasteiger charge is 2.14. The Morgan fingerprint density at radius 2 is 1.57 bits per heavy atom. The first-order chi connectivity index (χ1) is 14.5. The maximum absolute atomic E-state index is 12.5. The molecule has 0 fully saturated rings. The standard InChI is InChI=1S/C24H33NO5/c1-6-7-8-13-30-21-12-10-19(16-23(21)29-5)17(2)25-24(26)15-18-9-11-20(27-3)22(14-18)28-4/h9-12,14,16-17H,6-8,13,15H2,1-5H3,(H,25,26). The normalized spacial score (nSPS) is 11.5. The quantitative estimate of drug-likeness (QED) is 0.509. The summed E-state index contributed by atoms with van der Waals surface area (Å²) in [5.41, 5.74) is 1.80. The van der Waals surface area contributed by atoms with Crippen LogP contribution in [0.25, 0.3) is 0 Å². The Morgan fingerprint density at radius 3 is 2.23 bits per heavy atom. The van der Waals surface area contributed by atoms with Gasteiger partial charge in [-0.2, -0.15) is 0 Å². The number of rotatable bonds is 12. The highest BCUT2D eigenvalue weighted by atomic mass is 16.5. The average molecular weight is 416 g/mol. The highest BCUT2D eigenvalue weighted by Crippen LogP contribution is 2.31. The summed E-state index contributed by atoms with van der Waals surface area (Å²) < 4.78 is 21.9. The van der Waals surface area contributed by atoms with E-state index < -0.39 is 0 Å². The third-order valence-corrected chi connectivity index (χ3v) is 4.88. The molecule has 0 heterocycles. The van der Waals surface area contributed by atoms with Crippen molar-refractivity contribution >= 4 is 5.91 Å². The van der Waals surface area contributed by atoms with Crippen molar-refractivity contribution in [1.82, 2.24) is 5.32 Å². The molecule has 0 aliphatic heterocycles. The van der Waals surface area contributed by atoms with Crippen LogP contribution < -0.4 is 24.3 Å². The topological polar surface area (TPSA) is 66.0 Å². The van der Waals surface area contributed by atoms with E-state index in [1.807, 2.05) is 37.3 Å².